The van der Waals surface area contributed by atoms with E-state index in [4.69, 9.17) is 34.8 Å². The lowest BCUT2D eigenvalue weighted by Gasteiger charge is -1.96. The Balaban J connectivity index is 2.83. The first-order valence-electron chi connectivity index (χ1n) is 1.90. The summed E-state index contributed by atoms with van der Waals surface area (Å²) in [4.78, 5) is 0. The Labute approximate surface area is 58.7 Å². The second-order valence-corrected chi connectivity index (χ2v) is 2.24. The number of alkyl halides is 3. The molecule has 0 aromatic rings. The van der Waals surface area contributed by atoms with Crippen LogP contribution >= 0.6 is 34.8 Å². The minimum Gasteiger partial charge on any atom is -0.126 e. The Morgan fingerprint density at radius 1 is 1.43 bits per heavy atom. The largest absolute Gasteiger partial charge is 0.126 e. The van der Waals surface area contributed by atoms with Crippen LogP contribution in [0, 0.1) is 6.42 Å². The lowest BCUT2D eigenvalue weighted by atomic mass is 10.4. The first-order valence-corrected chi connectivity index (χ1v) is 3.41. The molecule has 0 saturated heterocycles. The molecule has 3 heteroatoms. The lowest BCUT2D eigenvalue weighted by Crippen LogP contribution is -2.00. The molecule has 1 unspecified atom stereocenters. The standard InChI is InChI=1S/C4H6Cl3/c5-2-1-4(7)3-6/h1,4H,2-3H2. The molecule has 0 fully saturated rings. The van der Waals surface area contributed by atoms with Gasteiger partial charge in [-0.3, -0.25) is 0 Å². The lowest BCUT2D eigenvalue weighted by molar-refractivity contribution is 1.12. The highest BCUT2D eigenvalue weighted by Crippen LogP contribution is 2.02. The zero-order valence-electron chi connectivity index (χ0n) is 3.70. The van der Waals surface area contributed by atoms with Gasteiger partial charge in [-0.05, 0) is 6.42 Å². The van der Waals surface area contributed by atoms with Crippen LogP contribution in [0.4, 0.5) is 0 Å². The van der Waals surface area contributed by atoms with Gasteiger partial charge in [-0.15, -0.1) is 34.8 Å². The molecular formula is C4H6Cl3. The van der Waals surface area contributed by atoms with Gasteiger partial charge < -0.3 is 0 Å². The van der Waals surface area contributed by atoms with E-state index < -0.39 is 0 Å². The molecule has 0 bridgehead atoms. The van der Waals surface area contributed by atoms with Crippen molar-refractivity contribution in [2.24, 2.45) is 0 Å². The molecule has 7 heavy (non-hydrogen) atoms. The summed E-state index contributed by atoms with van der Waals surface area (Å²) in [6.07, 6.45) is 1.75. The van der Waals surface area contributed by atoms with Crippen molar-refractivity contribution in [1.82, 2.24) is 0 Å². The molecule has 1 radical (unpaired) electrons. The third-order valence-electron chi connectivity index (χ3n) is 0.492. The molecule has 0 N–H and O–H groups in total. The van der Waals surface area contributed by atoms with Gasteiger partial charge in [0.2, 0.25) is 0 Å². The van der Waals surface area contributed by atoms with Crippen molar-refractivity contribution in [3.8, 4) is 0 Å². The van der Waals surface area contributed by atoms with Crippen LogP contribution in [0.15, 0.2) is 0 Å². The maximum atomic E-state index is 5.49. The Morgan fingerprint density at radius 2 is 2.00 bits per heavy atom. The molecule has 1 atom stereocenters. The predicted molar refractivity (Wildman–Crippen MR) is 35.4 cm³/mol. The Morgan fingerprint density at radius 3 is 2.14 bits per heavy atom. The average molecular weight is 160 g/mol. The molecule has 0 aromatic heterocycles. The minimum atomic E-state index is -0.0702. The molecule has 0 saturated carbocycles. The van der Waals surface area contributed by atoms with Crippen LogP contribution < -0.4 is 0 Å². The van der Waals surface area contributed by atoms with Gasteiger partial charge in [-0.25, -0.2) is 0 Å². The Bertz CT molecular complexity index is 37.9. The van der Waals surface area contributed by atoms with E-state index in [1.807, 2.05) is 0 Å². The summed E-state index contributed by atoms with van der Waals surface area (Å²) in [7, 11) is 0. The molecule has 0 rings (SSSR count). The summed E-state index contributed by atoms with van der Waals surface area (Å²) >= 11 is 16.1. The van der Waals surface area contributed by atoms with Crippen molar-refractivity contribution in [1.29, 1.82) is 0 Å². The van der Waals surface area contributed by atoms with E-state index in [2.05, 4.69) is 0 Å². The van der Waals surface area contributed by atoms with Crippen LogP contribution in [0.25, 0.3) is 0 Å². The summed E-state index contributed by atoms with van der Waals surface area (Å²) in [5, 5.41) is -0.0702. The fraction of sp³-hybridized carbons (Fsp3) is 0.750. The van der Waals surface area contributed by atoms with Crippen molar-refractivity contribution >= 4 is 34.8 Å². The quantitative estimate of drug-likeness (QED) is 0.556. The molecule has 0 aromatic carbocycles. The van der Waals surface area contributed by atoms with Gasteiger partial charge in [-0.1, -0.05) is 0 Å². The van der Waals surface area contributed by atoms with Gasteiger partial charge in [0.25, 0.3) is 0 Å². The first kappa shape index (κ1) is 7.87. The van der Waals surface area contributed by atoms with Crippen molar-refractivity contribution in [3.63, 3.8) is 0 Å². The van der Waals surface area contributed by atoms with Gasteiger partial charge in [-0.2, -0.15) is 0 Å². The summed E-state index contributed by atoms with van der Waals surface area (Å²) in [6.45, 7) is 0. The molecule has 0 amide bonds. The van der Waals surface area contributed by atoms with Crippen molar-refractivity contribution in [3.05, 3.63) is 6.42 Å². The molecule has 0 heterocycles. The third kappa shape index (κ3) is 4.73. The highest BCUT2D eigenvalue weighted by molar-refractivity contribution is 6.29. The maximum Gasteiger partial charge on any atom is 0.0514 e. The molecular weight excluding hydrogens is 154 g/mol. The monoisotopic (exact) mass is 159 g/mol. The predicted octanol–water partition coefficient (Wildman–Crippen LogP) is 2.28. The number of hydrogen-bond acceptors (Lipinski definition) is 0. The van der Waals surface area contributed by atoms with Crippen LogP contribution in [0.5, 0.6) is 0 Å². The van der Waals surface area contributed by atoms with Crippen molar-refractivity contribution < 1.29 is 0 Å². The van der Waals surface area contributed by atoms with E-state index in [1.54, 1.807) is 6.42 Å². The van der Waals surface area contributed by atoms with Gasteiger partial charge in [0.1, 0.15) is 0 Å². The van der Waals surface area contributed by atoms with Crippen molar-refractivity contribution in [2.45, 2.75) is 5.38 Å². The number of hydrogen-bond donors (Lipinski definition) is 0. The van der Waals surface area contributed by atoms with Gasteiger partial charge in [0.15, 0.2) is 0 Å². The topological polar surface area (TPSA) is 0 Å². The van der Waals surface area contributed by atoms with Gasteiger partial charge in [0.05, 0.1) is 5.38 Å². The summed E-state index contributed by atoms with van der Waals surface area (Å²) in [5.41, 5.74) is 0. The summed E-state index contributed by atoms with van der Waals surface area (Å²) in [6, 6.07) is 0. The zero-order chi connectivity index (χ0) is 5.70. The second-order valence-electron chi connectivity index (χ2n) is 1.06. The van der Waals surface area contributed by atoms with Crippen LogP contribution in [0.2, 0.25) is 0 Å². The molecule has 0 aliphatic heterocycles. The van der Waals surface area contributed by atoms with Gasteiger partial charge in [0, 0.05) is 11.8 Å². The molecule has 0 nitrogen and oxygen atoms in total. The van der Waals surface area contributed by atoms with E-state index in [-0.39, 0.29) is 5.38 Å². The van der Waals surface area contributed by atoms with Crippen LogP contribution in [-0.2, 0) is 0 Å². The molecule has 0 aliphatic carbocycles. The highest BCUT2D eigenvalue weighted by atomic mass is 35.5. The van der Waals surface area contributed by atoms with Crippen LogP contribution in [-0.4, -0.2) is 17.1 Å². The van der Waals surface area contributed by atoms with E-state index >= 15 is 0 Å². The van der Waals surface area contributed by atoms with Gasteiger partial charge >= 0.3 is 0 Å². The zero-order valence-corrected chi connectivity index (χ0v) is 5.97. The molecule has 43 valence electrons. The van der Waals surface area contributed by atoms with Crippen LogP contribution in [0.1, 0.15) is 0 Å². The van der Waals surface area contributed by atoms with E-state index in [0.29, 0.717) is 11.8 Å². The number of halogens is 3. The Hall–Kier alpha value is 0.870. The Kier molecular flexibility index (Phi) is 5.64. The number of rotatable bonds is 3. The second kappa shape index (κ2) is 5.02. The van der Waals surface area contributed by atoms with Crippen LogP contribution in [0.3, 0.4) is 0 Å². The fourth-order valence-corrected chi connectivity index (χ4v) is 0.681. The maximum absolute atomic E-state index is 5.49. The smallest absolute Gasteiger partial charge is 0.0514 e. The third-order valence-corrected chi connectivity index (χ3v) is 1.49. The van der Waals surface area contributed by atoms with Crippen molar-refractivity contribution in [2.75, 3.05) is 11.8 Å². The van der Waals surface area contributed by atoms with E-state index in [1.165, 1.54) is 0 Å². The average Bonchev–Trinajstić information content (AvgIpc) is 1.68. The first-order chi connectivity index (χ1) is 3.31. The highest BCUT2D eigenvalue weighted by Gasteiger charge is 1.98. The normalized spacial score (nSPS) is 14.1. The SMILES string of the molecule is ClC[CH]C(Cl)CCl. The van der Waals surface area contributed by atoms with E-state index in [9.17, 15) is 0 Å². The molecule has 0 aliphatic rings. The van der Waals surface area contributed by atoms with E-state index in [0.717, 1.165) is 0 Å². The fourth-order valence-electron chi connectivity index (χ4n) is 0.160. The summed E-state index contributed by atoms with van der Waals surface area (Å²) < 4.78 is 0. The molecule has 0 spiro atoms. The summed E-state index contributed by atoms with van der Waals surface area (Å²) in [5.74, 6) is 0.912. The minimum absolute atomic E-state index is 0.0702.